The number of likely N-dealkylation sites (N-methyl/N-ethyl adjacent to an activating group) is 1. The molecule has 0 bridgehead atoms. The van der Waals surface area contributed by atoms with Crippen LogP contribution in [0.2, 0.25) is 0 Å². The molecule has 0 spiro atoms. The van der Waals surface area contributed by atoms with Crippen LogP contribution in [0.1, 0.15) is 15.9 Å². The average Bonchev–Trinajstić information content (AvgIpc) is 2.63. The first-order chi connectivity index (χ1) is 12.1. The fraction of sp³-hybridized carbons (Fsp3) is 0.350. The van der Waals surface area contributed by atoms with Crippen molar-refractivity contribution in [2.24, 2.45) is 0 Å². The average molecular weight is 340 g/mol. The number of rotatable bonds is 4. The molecular formula is C20H26N3O2+. The third kappa shape index (κ3) is 3.94. The number of hydrogen-bond acceptors (Lipinski definition) is 3. The van der Waals surface area contributed by atoms with Crippen molar-refractivity contribution in [3.63, 3.8) is 0 Å². The van der Waals surface area contributed by atoms with Gasteiger partial charge in [0.1, 0.15) is 5.75 Å². The number of amides is 1. The summed E-state index contributed by atoms with van der Waals surface area (Å²) < 4.78 is 5.37. The molecule has 2 aromatic carbocycles. The molecule has 1 amide bonds. The van der Waals surface area contributed by atoms with Crippen LogP contribution in [0.3, 0.4) is 0 Å². The van der Waals surface area contributed by atoms with E-state index in [1.54, 1.807) is 18.1 Å². The predicted octanol–water partition coefficient (Wildman–Crippen LogP) is 1.59. The monoisotopic (exact) mass is 340 g/mol. The van der Waals surface area contributed by atoms with Crippen molar-refractivity contribution in [1.29, 1.82) is 0 Å². The summed E-state index contributed by atoms with van der Waals surface area (Å²) in [7, 11) is 3.82. The molecule has 1 aliphatic rings. The molecule has 1 fully saturated rings. The van der Waals surface area contributed by atoms with Crippen LogP contribution in [0.4, 0.5) is 11.4 Å². The zero-order valence-electron chi connectivity index (χ0n) is 15.1. The van der Waals surface area contributed by atoms with Gasteiger partial charge in [-0.1, -0.05) is 12.1 Å². The van der Waals surface area contributed by atoms with E-state index in [9.17, 15) is 4.79 Å². The number of methoxy groups -OCH3 is 1. The van der Waals surface area contributed by atoms with Gasteiger partial charge in [0.15, 0.2) is 0 Å². The molecule has 0 radical (unpaired) electrons. The predicted molar refractivity (Wildman–Crippen MR) is 101 cm³/mol. The van der Waals surface area contributed by atoms with Crippen LogP contribution >= 0.6 is 0 Å². The molecule has 132 valence electrons. The van der Waals surface area contributed by atoms with Gasteiger partial charge in [0.05, 0.1) is 45.9 Å². The second-order valence-electron chi connectivity index (χ2n) is 6.60. The Hall–Kier alpha value is -2.53. The summed E-state index contributed by atoms with van der Waals surface area (Å²) in [6, 6.07) is 13.6. The minimum absolute atomic E-state index is 0.156. The highest BCUT2D eigenvalue weighted by molar-refractivity contribution is 6.06. The molecule has 0 aliphatic carbocycles. The number of hydrogen-bond donors (Lipinski definition) is 2. The molecule has 1 aliphatic heterocycles. The molecule has 1 saturated heterocycles. The molecule has 2 N–H and O–H groups in total. The summed E-state index contributed by atoms with van der Waals surface area (Å²) in [5.74, 6) is 0.466. The number of benzene rings is 2. The van der Waals surface area contributed by atoms with Gasteiger partial charge in [0, 0.05) is 11.4 Å². The van der Waals surface area contributed by atoms with Gasteiger partial charge in [0.2, 0.25) is 0 Å². The van der Waals surface area contributed by atoms with E-state index in [2.05, 4.69) is 29.4 Å². The van der Waals surface area contributed by atoms with Crippen LogP contribution in [-0.2, 0) is 0 Å². The number of carbonyl (C=O) groups is 1. The first-order valence-electron chi connectivity index (χ1n) is 8.70. The number of piperazine rings is 1. The summed E-state index contributed by atoms with van der Waals surface area (Å²) >= 11 is 0. The van der Waals surface area contributed by atoms with Gasteiger partial charge < -0.3 is 19.9 Å². The first kappa shape index (κ1) is 17.3. The highest BCUT2D eigenvalue weighted by Crippen LogP contribution is 2.24. The summed E-state index contributed by atoms with van der Waals surface area (Å²) in [5.41, 5.74) is 3.49. The number of nitrogens with one attached hydrogen (secondary N) is 2. The molecule has 0 saturated carbocycles. The van der Waals surface area contributed by atoms with Gasteiger partial charge in [0.25, 0.3) is 5.91 Å². The molecule has 5 heteroatoms. The third-order valence-corrected chi connectivity index (χ3v) is 4.77. The summed E-state index contributed by atoms with van der Waals surface area (Å²) in [6.45, 7) is 6.38. The lowest BCUT2D eigenvalue weighted by Crippen LogP contribution is -3.12. The van der Waals surface area contributed by atoms with Crippen molar-refractivity contribution in [2.45, 2.75) is 6.92 Å². The third-order valence-electron chi connectivity index (χ3n) is 4.77. The van der Waals surface area contributed by atoms with Crippen molar-refractivity contribution >= 4 is 17.3 Å². The summed E-state index contributed by atoms with van der Waals surface area (Å²) in [4.78, 5) is 16.5. The minimum atomic E-state index is -0.156. The van der Waals surface area contributed by atoms with Crippen LogP contribution in [0, 0.1) is 6.92 Å². The van der Waals surface area contributed by atoms with E-state index in [-0.39, 0.29) is 5.91 Å². The van der Waals surface area contributed by atoms with Gasteiger partial charge in [-0.2, -0.15) is 0 Å². The largest absolute Gasteiger partial charge is 0.496 e. The van der Waals surface area contributed by atoms with E-state index in [0.29, 0.717) is 11.3 Å². The van der Waals surface area contributed by atoms with E-state index in [1.165, 1.54) is 5.69 Å². The first-order valence-corrected chi connectivity index (χ1v) is 8.70. The lowest BCUT2D eigenvalue weighted by molar-refractivity contribution is -0.880. The maximum Gasteiger partial charge on any atom is 0.259 e. The Morgan fingerprint density at radius 2 is 1.80 bits per heavy atom. The van der Waals surface area contributed by atoms with Gasteiger partial charge in [-0.15, -0.1) is 0 Å². The molecule has 1 heterocycles. The van der Waals surface area contributed by atoms with Gasteiger partial charge in [-0.05, 0) is 42.8 Å². The minimum Gasteiger partial charge on any atom is -0.496 e. The normalized spacial score (nSPS) is 15.1. The second-order valence-corrected chi connectivity index (χ2v) is 6.60. The molecular weight excluding hydrogens is 314 g/mol. The number of para-hydroxylation sites is 1. The topological polar surface area (TPSA) is 46.0 Å². The van der Waals surface area contributed by atoms with Crippen LogP contribution in [-0.4, -0.2) is 46.2 Å². The molecule has 0 aromatic heterocycles. The maximum atomic E-state index is 12.6. The van der Waals surface area contributed by atoms with Crippen molar-refractivity contribution in [3.8, 4) is 5.75 Å². The standard InChI is InChI=1S/C20H25N3O2/c1-15-5-4-6-18(19(15)25-3)20(24)21-16-7-9-17(10-8-16)23-13-11-22(2)12-14-23/h4-10H,11-14H2,1-3H3,(H,21,24)/p+1. The lowest BCUT2D eigenvalue weighted by atomic mass is 10.1. The number of nitrogens with zero attached hydrogens (tertiary/aromatic N) is 1. The number of aryl methyl sites for hydroxylation is 1. The number of quaternary nitrogens is 1. The zero-order chi connectivity index (χ0) is 17.8. The van der Waals surface area contributed by atoms with Crippen molar-refractivity contribution in [1.82, 2.24) is 0 Å². The molecule has 25 heavy (non-hydrogen) atoms. The number of ether oxygens (including phenoxy) is 1. The van der Waals surface area contributed by atoms with E-state index in [1.807, 2.05) is 31.2 Å². The maximum absolute atomic E-state index is 12.6. The fourth-order valence-electron chi connectivity index (χ4n) is 3.20. The van der Waals surface area contributed by atoms with Crippen LogP contribution in [0.25, 0.3) is 0 Å². The molecule has 0 atom stereocenters. The highest BCUT2D eigenvalue weighted by atomic mass is 16.5. The fourth-order valence-corrected chi connectivity index (χ4v) is 3.20. The zero-order valence-corrected chi connectivity index (χ0v) is 15.1. The van der Waals surface area contributed by atoms with E-state index >= 15 is 0 Å². The van der Waals surface area contributed by atoms with Crippen LogP contribution in [0.5, 0.6) is 5.75 Å². The summed E-state index contributed by atoms with van der Waals surface area (Å²) in [5, 5.41) is 2.96. The van der Waals surface area contributed by atoms with Gasteiger partial charge >= 0.3 is 0 Å². The lowest BCUT2D eigenvalue weighted by Gasteiger charge is -2.31. The molecule has 5 nitrogen and oxygen atoms in total. The molecule has 2 aromatic rings. The van der Waals surface area contributed by atoms with Gasteiger partial charge in [-0.25, -0.2) is 0 Å². The Labute approximate surface area is 149 Å². The van der Waals surface area contributed by atoms with Crippen LogP contribution in [0.15, 0.2) is 42.5 Å². The van der Waals surface area contributed by atoms with Crippen LogP contribution < -0.4 is 19.9 Å². The van der Waals surface area contributed by atoms with E-state index in [4.69, 9.17) is 4.74 Å². The van der Waals surface area contributed by atoms with Crippen molar-refractivity contribution in [3.05, 3.63) is 53.6 Å². The quantitative estimate of drug-likeness (QED) is 0.889. The molecule has 3 rings (SSSR count). The molecule has 0 unspecified atom stereocenters. The Morgan fingerprint density at radius 1 is 1.12 bits per heavy atom. The highest BCUT2D eigenvalue weighted by Gasteiger charge is 2.17. The number of carbonyl (C=O) groups excluding carboxylic acids is 1. The van der Waals surface area contributed by atoms with Crippen molar-refractivity contribution < 1.29 is 14.4 Å². The SMILES string of the molecule is COc1c(C)cccc1C(=O)Nc1ccc(N2CC[NH+](C)CC2)cc1. The van der Waals surface area contributed by atoms with Gasteiger partial charge in [-0.3, -0.25) is 4.79 Å². The number of anilines is 2. The summed E-state index contributed by atoms with van der Waals surface area (Å²) in [6.07, 6.45) is 0. The second kappa shape index (κ2) is 7.57. The Bertz CT molecular complexity index is 735. The Kier molecular flexibility index (Phi) is 5.24. The Morgan fingerprint density at radius 3 is 2.44 bits per heavy atom. The van der Waals surface area contributed by atoms with Crippen molar-refractivity contribution in [2.75, 3.05) is 50.6 Å². The van der Waals surface area contributed by atoms with E-state index in [0.717, 1.165) is 37.4 Å². The van der Waals surface area contributed by atoms with E-state index < -0.39 is 0 Å². The Balaban J connectivity index is 1.69. The smallest absolute Gasteiger partial charge is 0.259 e.